The van der Waals surface area contributed by atoms with Gasteiger partial charge in [-0.3, -0.25) is 4.79 Å². The Morgan fingerprint density at radius 3 is 2.67 bits per heavy atom. The minimum Gasteiger partial charge on any atom is -0.388 e. The van der Waals surface area contributed by atoms with Gasteiger partial charge in [-0.15, -0.1) is 10.0 Å². The first-order valence-electron chi connectivity index (χ1n) is 3.96. The highest BCUT2D eigenvalue weighted by atomic mass is 16.3. The molecule has 1 aromatic carbocycles. The summed E-state index contributed by atoms with van der Waals surface area (Å²) < 4.78 is 0. The summed E-state index contributed by atoms with van der Waals surface area (Å²) in [4.78, 5) is 21.2. The fourth-order valence-corrected chi connectivity index (χ4v) is 1.04. The third-order valence-corrected chi connectivity index (χ3v) is 1.66. The van der Waals surface area contributed by atoms with Crippen LogP contribution in [0.15, 0.2) is 34.5 Å². The molecule has 7 heteroatoms. The molecule has 0 radical (unpaired) electrons. The van der Waals surface area contributed by atoms with Crippen LogP contribution in [-0.4, -0.2) is 12.2 Å². The van der Waals surface area contributed by atoms with E-state index in [1.54, 1.807) is 12.1 Å². The first-order valence-corrected chi connectivity index (χ1v) is 3.96. The summed E-state index contributed by atoms with van der Waals surface area (Å²) in [5.74, 6) is 4.55. The Balaban J connectivity index is 3.16. The predicted molar refractivity (Wildman–Crippen MR) is 55.9 cm³/mol. The van der Waals surface area contributed by atoms with Gasteiger partial charge in [-0.25, -0.2) is 5.84 Å². The summed E-state index contributed by atoms with van der Waals surface area (Å²) in [6.45, 7) is 0. The van der Waals surface area contributed by atoms with Gasteiger partial charge in [-0.05, 0) is 12.1 Å². The summed E-state index contributed by atoms with van der Waals surface area (Å²) in [6.07, 6.45) is 0.968. The number of nitrogens with zero attached hydrogens (tertiary/aromatic N) is 3. The normalized spacial score (nSPS) is 10.2. The molecule has 4 N–H and O–H groups in total. The van der Waals surface area contributed by atoms with Gasteiger partial charge in [0.1, 0.15) is 6.34 Å². The Morgan fingerprint density at radius 1 is 1.40 bits per heavy atom. The molecular formula is C8H9N5O2. The first-order chi connectivity index (χ1) is 7.20. The van der Waals surface area contributed by atoms with Gasteiger partial charge < -0.3 is 5.73 Å². The maximum Gasteiger partial charge on any atom is 0.319 e. The Bertz CT molecular complexity index is 404. The molecule has 1 rings (SSSR count). The number of hydrogen-bond donors (Lipinski definition) is 2. The van der Waals surface area contributed by atoms with Crippen LogP contribution in [-0.2, 0) is 0 Å². The summed E-state index contributed by atoms with van der Waals surface area (Å²) in [6, 6.07) is 6.17. The number of anilines is 1. The molecule has 0 fully saturated rings. The van der Waals surface area contributed by atoms with Crippen molar-refractivity contribution >= 4 is 17.9 Å². The minimum atomic E-state index is -0.909. The van der Waals surface area contributed by atoms with Crippen LogP contribution in [0.25, 0.3) is 0 Å². The third kappa shape index (κ3) is 2.35. The lowest BCUT2D eigenvalue weighted by molar-refractivity contribution is 0.100. The van der Waals surface area contributed by atoms with Gasteiger partial charge in [-0.1, -0.05) is 12.1 Å². The molecule has 78 valence electrons. The zero-order valence-corrected chi connectivity index (χ0v) is 7.70. The standard InChI is InChI=1S/C8H9N5O2/c9-5-11-13(10)7-4-2-1-3-6(7)8(14)12-15/h1-5H,10H2,(H2,9,11). The second-order valence-electron chi connectivity index (χ2n) is 2.52. The topological polar surface area (TPSA) is 114 Å². The van der Waals surface area contributed by atoms with E-state index in [-0.39, 0.29) is 11.3 Å². The number of carbonyl (C=O) groups is 1. The molecule has 0 atom stereocenters. The fraction of sp³-hybridized carbons (Fsp3) is 0. The Hall–Kier alpha value is -2.28. The molecule has 0 heterocycles. The van der Waals surface area contributed by atoms with Crippen molar-refractivity contribution < 1.29 is 4.79 Å². The van der Waals surface area contributed by atoms with Crippen molar-refractivity contribution in [1.29, 1.82) is 0 Å². The molecule has 0 aliphatic heterocycles. The zero-order valence-electron chi connectivity index (χ0n) is 7.70. The summed E-state index contributed by atoms with van der Waals surface area (Å²) >= 11 is 0. The molecule has 0 aliphatic rings. The highest BCUT2D eigenvalue weighted by Crippen LogP contribution is 2.18. The maximum absolute atomic E-state index is 11.1. The summed E-state index contributed by atoms with van der Waals surface area (Å²) in [5.41, 5.74) is 5.37. The van der Waals surface area contributed by atoms with E-state index in [4.69, 9.17) is 11.6 Å². The van der Waals surface area contributed by atoms with Crippen molar-refractivity contribution in [3.05, 3.63) is 34.7 Å². The Labute approximate surface area is 85.3 Å². The van der Waals surface area contributed by atoms with E-state index in [0.717, 1.165) is 11.5 Å². The molecule has 1 aromatic rings. The number of carbonyl (C=O) groups excluding carboxylic acids is 1. The lowest BCUT2D eigenvalue weighted by Crippen LogP contribution is -2.27. The molecule has 0 spiro atoms. The van der Waals surface area contributed by atoms with E-state index < -0.39 is 5.91 Å². The molecular weight excluding hydrogens is 198 g/mol. The average Bonchev–Trinajstić information content (AvgIpc) is 2.28. The molecule has 0 aliphatic carbocycles. The number of amides is 1. The van der Waals surface area contributed by atoms with Crippen molar-refractivity contribution in [1.82, 2.24) is 0 Å². The number of nitrogens with two attached hydrogens (primary N) is 2. The molecule has 0 saturated carbocycles. The Morgan fingerprint density at radius 2 is 2.07 bits per heavy atom. The van der Waals surface area contributed by atoms with E-state index in [2.05, 4.69) is 10.3 Å². The summed E-state index contributed by atoms with van der Waals surface area (Å²) in [5, 5.41) is 6.74. The minimum absolute atomic E-state index is 0.0700. The predicted octanol–water partition coefficient (Wildman–Crippen LogP) is 0.175. The SMILES string of the molecule is N/C=N\N(N)c1ccccc1C(=O)N=O. The van der Waals surface area contributed by atoms with Crippen LogP contribution in [0.2, 0.25) is 0 Å². The smallest absolute Gasteiger partial charge is 0.319 e. The van der Waals surface area contributed by atoms with Gasteiger partial charge in [0.25, 0.3) is 0 Å². The van der Waals surface area contributed by atoms with E-state index >= 15 is 0 Å². The number of rotatable bonds is 3. The van der Waals surface area contributed by atoms with Crippen LogP contribution in [0.5, 0.6) is 0 Å². The van der Waals surface area contributed by atoms with Crippen molar-refractivity contribution in [2.45, 2.75) is 0 Å². The lowest BCUT2D eigenvalue weighted by Gasteiger charge is -2.13. The second kappa shape index (κ2) is 4.82. The second-order valence-corrected chi connectivity index (χ2v) is 2.52. The third-order valence-electron chi connectivity index (χ3n) is 1.66. The molecule has 0 aromatic heterocycles. The van der Waals surface area contributed by atoms with Crippen LogP contribution in [0.4, 0.5) is 5.69 Å². The van der Waals surface area contributed by atoms with Crippen LogP contribution in [0.3, 0.4) is 0 Å². The molecule has 7 nitrogen and oxygen atoms in total. The molecule has 0 unspecified atom stereocenters. The van der Waals surface area contributed by atoms with Crippen molar-refractivity contribution in [3.8, 4) is 0 Å². The quantitative estimate of drug-likeness (QED) is 0.241. The average molecular weight is 207 g/mol. The van der Waals surface area contributed by atoms with Gasteiger partial charge in [-0.2, -0.15) is 5.12 Å². The first kappa shape index (κ1) is 10.8. The van der Waals surface area contributed by atoms with E-state index in [1.807, 2.05) is 0 Å². The number of hydrazine groups is 1. The molecule has 0 bridgehead atoms. The van der Waals surface area contributed by atoms with Gasteiger partial charge in [0.05, 0.1) is 11.3 Å². The van der Waals surface area contributed by atoms with Crippen LogP contribution in [0.1, 0.15) is 10.4 Å². The highest BCUT2D eigenvalue weighted by Gasteiger charge is 2.13. The summed E-state index contributed by atoms with van der Waals surface area (Å²) in [7, 11) is 0. The van der Waals surface area contributed by atoms with Crippen LogP contribution >= 0.6 is 0 Å². The van der Waals surface area contributed by atoms with E-state index in [9.17, 15) is 9.70 Å². The molecule has 0 saturated heterocycles. The van der Waals surface area contributed by atoms with Gasteiger partial charge in [0.2, 0.25) is 0 Å². The van der Waals surface area contributed by atoms with E-state index in [0.29, 0.717) is 0 Å². The molecule has 1 amide bonds. The van der Waals surface area contributed by atoms with Crippen molar-refractivity contribution in [3.63, 3.8) is 0 Å². The number of hydrogen-bond acceptors (Lipinski definition) is 5. The maximum atomic E-state index is 11.1. The van der Waals surface area contributed by atoms with E-state index in [1.165, 1.54) is 12.1 Å². The number of benzene rings is 1. The van der Waals surface area contributed by atoms with Crippen molar-refractivity contribution in [2.75, 3.05) is 5.12 Å². The van der Waals surface area contributed by atoms with Gasteiger partial charge in [0.15, 0.2) is 0 Å². The van der Waals surface area contributed by atoms with Crippen molar-refractivity contribution in [2.24, 2.45) is 21.9 Å². The van der Waals surface area contributed by atoms with Gasteiger partial charge >= 0.3 is 5.91 Å². The monoisotopic (exact) mass is 207 g/mol. The Kier molecular flexibility index (Phi) is 3.47. The number of para-hydroxylation sites is 1. The number of hydrazone groups is 1. The van der Waals surface area contributed by atoms with Crippen LogP contribution in [0, 0.1) is 4.91 Å². The highest BCUT2D eigenvalue weighted by molar-refractivity contribution is 6.00. The fourth-order valence-electron chi connectivity index (χ4n) is 1.04. The van der Waals surface area contributed by atoms with Gasteiger partial charge in [0, 0.05) is 5.18 Å². The molecule has 15 heavy (non-hydrogen) atoms. The largest absolute Gasteiger partial charge is 0.388 e. The number of nitroso groups, excluding NO2 is 1. The van der Waals surface area contributed by atoms with Crippen LogP contribution < -0.4 is 16.7 Å². The zero-order chi connectivity index (χ0) is 11.3. The lowest BCUT2D eigenvalue weighted by atomic mass is 10.2.